The minimum Gasteiger partial charge on any atom is -0.480 e. The van der Waals surface area contributed by atoms with Crippen LogP contribution in [0.1, 0.15) is 55.6 Å². The van der Waals surface area contributed by atoms with Crippen LogP contribution in [-0.4, -0.2) is 56.0 Å². The molecule has 0 radical (unpaired) electrons. The maximum atomic E-state index is 12.2. The van der Waals surface area contributed by atoms with Crippen molar-refractivity contribution in [3.8, 4) is 11.1 Å². The first-order valence-corrected chi connectivity index (χ1v) is 12.1. The van der Waals surface area contributed by atoms with Crippen LogP contribution in [0, 0.1) is 0 Å². The SMILES string of the molecule is COCCC(NC(=O)CCCCCCNC(=O)OCC1c2ccccc2-c2ccccc21)C(=O)O. The van der Waals surface area contributed by atoms with Gasteiger partial charge in [-0.25, -0.2) is 9.59 Å². The van der Waals surface area contributed by atoms with Crippen molar-refractivity contribution < 1.29 is 29.0 Å². The van der Waals surface area contributed by atoms with Gasteiger partial charge < -0.3 is 25.2 Å². The number of carboxylic acids is 1. The zero-order chi connectivity index (χ0) is 25.0. The summed E-state index contributed by atoms with van der Waals surface area (Å²) < 4.78 is 10.4. The first-order chi connectivity index (χ1) is 17.0. The number of nitrogens with one attached hydrogen (secondary N) is 2. The minimum atomic E-state index is -1.06. The van der Waals surface area contributed by atoms with Crippen LogP contribution in [0.2, 0.25) is 0 Å². The maximum absolute atomic E-state index is 12.2. The summed E-state index contributed by atoms with van der Waals surface area (Å²) in [4.78, 5) is 35.3. The summed E-state index contributed by atoms with van der Waals surface area (Å²) in [5, 5.41) is 14.5. The van der Waals surface area contributed by atoms with Gasteiger partial charge in [-0.3, -0.25) is 4.79 Å². The third-order valence-corrected chi connectivity index (χ3v) is 6.19. The van der Waals surface area contributed by atoms with Gasteiger partial charge in [-0.1, -0.05) is 61.4 Å². The molecule has 1 aliphatic carbocycles. The molecule has 0 fully saturated rings. The average Bonchev–Trinajstić information content (AvgIpc) is 3.18. The van der Waals surface area contributed by atoms with Crippen LogP contribution in [0.25, 0.3) is 11.1 Å². The number of hydrogen-bond donors (Lipinski definition) is 3. The van der Waals surface area contributed by atoms with Gasteiger partial charge in [0, 0.05) is 39.0 Å². The normalized spacial score (nSPS) is 12.9. The van der Waals surface area contributed by atoms with E-state index in [0.717, 1.165) is 19.3 Å². The molecule has 0 aliphatic heterocycles. The molecule has 2 aromatic rings. The van der Waals surface area contributed by atoms with Crippen molar-refractivity contribution in [2.45, 2.75) is 50.5 Å². The molecule has 2 aromatic carbocycles. The van der Waals surface area contributed by atoms with Crippen molar-refractivity contribution >= 4 is 18.0 Å². The van der Waals surface area contributed by atoms with Crippen LogP contribution in [0.3, 0.4) is 0 Å². The van der Waals surface area contributed by atoms with Gasteiger partial charge in [-0.2, -0.15) is 0 Å². The molecule has 1 atom stereocenters. The van der Waals surface area contributed by atoms with E-state index < -0.39 is 18.1 Å². The minimum absolute atomic E-state index is 0.0366. The number of fused-ring (bicyclic) bond motifs is 3. The molecule has 188 valence electrons. The number of hydrogen-bond acceptors (Lipinski definition) is 5. The fourth-order valence-corrected chi connectivity index (χ4v) is 4.36. The Morgan fingerprint density at radius 2 is 1.57 bits per heavy atom. The average molecular weight is 483 g/mol. The number of alkyl carbamates (subject to hydrolysis) is 1. The fraction of sp³-hybridized carbons (Fsp3) is 0.444. The van der Waals surface area contributed by atoms with Crippen LogP contribution in [0.5, 0.6) is 0 Å². The van der Waals surface area contributed by atoms with E-state index in [1.54, 1.807) is 0 Å². The second-order valence-electron chi connectivity index (χ2n) is 8.66. The lowest BCUT2D eigenvalue weighted by Crippen LogP contribution is -2.41. The van der Waals surface area contributed by atoms with E-state index in [2.05, 4.69) is 34.9 Å². The molecule has 1 aliphatic rings. The number of unbranched alkanes of at least 4 members (excludes halogenated alkanes) is 3. The second-order valence-corrected chi connectivity index (χ2v) is 8.66. The van der Waals surface area contributed by atoms with E-state index in [9.17, 15) is 14.4 Å². The number of carboxylic acid groups (broad SMARTS) is 1. The van der Waals surface area contributed by atoms with Crippen molar-refractivity contribution in [2.24, 2.45) is 0 Å². The molecule has 0 spiro atoms. The van der Waals surface area contributed by atoms with Gasteiger partial charge in [-0.05, 0) is 35.1 Å². The van der Waals surface area contributed by atoms with Crippen molar-refractivity contribution in [1.82, 2.24) is 10.6 Å². The number of methoxy groups -OCH3 is 1. The van der Waals surface area contributed by atoms with Gasteiger partial charge in [0.2, 0.25) is 5.91 Å². The Morgan fingerprint density at radius 3 is 2.20 bits per heavy atom. The Kier molecular flexibility index (Phi) is 10.1. The molecule has 1 unspecified atom stereocenters. The lowest BCUT2D eigenvalue weighted by Gasteiger charge is -2.14. The van der Waals surface area contributed by atoms with Crippen LogP contribution < -0.4 is 10.6 Å². The van der Waals surface area contributed by atoms with Crippen molar-refractivity contribution in [3.05, 3.63) is 59.7 Å². The number of carbonyl (C=O) groups excluding carboxylic acids is 2. The van der Waals surface area contributed by atoms with E-state index in [4.69, 9.17) is 14.6 Å². The molecular weight excluding hydrogens is 448 g/mol. The first-order valence-electron chi connectivity index (χ1n) is 12.1. The highest BCUT2D eigenvalue weighted by Crippen LogP contribution is 2.44. The predicted molar refractivity (Wildman–Crippen MR) is 132 cm³/mol. The Balaban J connectivity index is 1.29. The van der Waals surface area contributed by atoms with Gasteiger partial charge in [0.25, 0.3) is 0 Å². The van der Waals surface area contributed by atoms with E-state index in [1.165, 1.54) is 29.4 Å². The molecule has 0 saturated carbocycles. The molecule has 0 heterocycles. The van der Waals surface area contributed by atoms with Gasteiger partial charge >= 0.3 is 12.1 Å². The Labute approximate surface area is 206 Å². The predicted octanol–water partition coefficient (Wildman–Crippen LogP) is 4.08. The van der Waals surface area contributed by atoms with Gasteiger partial charge in [0.05, 0.1) is 0 Å². The van der Waals surface area contributed by atoms with E-state index in [0.29, 0.717) is 13.0 Å². The van der Waals surface area contributed by atoms with Crippen LogP contribution >= 0.6 is 0 Å². The zero-order valence-corrected chi connectivity index (χ0v) is 20.1. The first kappa shape index (κ1) is 26.2. The van der Waals surface area contributed by atoms with Gasteiger partial charge in [0.1, 0.15) is 12.6 Å². The highest BCUT2D eigenvalue weighted by molar-refractivity contribution is 5.83. The Morgan fingerprint density at radius 1 is 0.943 bits per heavy atom. The molecule has 8 heteroatoms. The lowest BCUT2D eigenvalue weighted by atomic mass is 9.98. The second kappa shape index (κ2) is 13.5. The van der Waals surface area contributed by atoms with Crippen LogP contribution in [0.15, 0.2) is 48.5 Å². The standard InChI is InChI=1S/C27H34N2O6/c1-34-17-15-24(26(31)32)29-25(30)14-4-2-3-9-16-28-27(33)35-18-23-21-12-7-5-10-19(21)20-11-6-8-13-22(20)23/h5-8,10-13,23-24H,2-4,9,14-18H2,1H3,(H,28,33)(H,29,30)(H,31,32). The van der Waals surface area contributed by atoms with E-state index in [1.807, 2.05) is 24.3 Å². The third-order valence-electron chi connectivity index (χ3n) is 6.19. The molecule has 0 saturated heterocycles. The smallest absolute Gasteiger partial charge is 0.407 e. The number of benzene rings is 2. The van der Waals surface area contributed by atoms with Gasteiger partial charge in [0.15, 0.2) is 0 Å². The largest absolute Gasteiger partial charge is 0.480 e. The summed E-state index contributed by atoms with van der Waals surface area (Å²) in [6.07, 6.45) is 3.18. The summed E-state index contributed by atoms with van der Waals surface area (Å²) in [7, 11) is 1.49. The van der Waals surface area contributed by atoms with Crippen molar-refractivity contribution in [3.63, 3.8) is 0 Å². The summed E-state index contributed by atoms with van der Waals surface area (Å²) in [6.45, 7) is 1.06. The molecular formula is C27H34N2O6. The van der Waals surface area contributed by atoms with Crippen LogP contribution in [-0.2, 0) is 19.1 Å². The number of rotatable bonds is 14. The maximum Gasteiger partial charge on any atom is 0.407 e. The highest BCUT2D eigenvalue weighted by atomic mass is 16.5. The lowest BCUT2D eigenvalue weighted by molar-refractivity contribution is -0.142. The number of carbonyl (C=O) groups is 3. The molecule has 3 N–H and O–H groups in total. The Hall–Kier alpha value is -3.39. The molecule has 8 nitrogen and oxygen atoms in total. The van der Waals surface area contributed by atoms with E-state index in [-0.39, 0.29) is 37.9 Å². The van der Waals surface area contributed by atoms with Gasteiger partial charge in [-0.15, -0.1) is 0 Å². The summed E-state index contributed by atoms with van der Waals surface area (Å²) in [5.74, 6) is -1.30. The van der Waals surface area contributed by atoms with Crippen molar-refractivity contribution in [1.29, 1.82) is 0 Å². The molecule has 35 heavy (non-hydrogen) atoms. The van der Waals surface area contributed by atoms with Crippen LogP contribution in [0.4, 0.5) is 4.79 Å². The topological polar surface area (TPSA) is 114 Å². The highest BCUT2D eigenvalue weighted by Gasteiger charge is 2.28. The zero-order valence-electron chi connectivity index (χ0n) is 20.1. The monoisotopic (exact) mass is 482 g/mol. The molecule has 0 bridgehead atoms. The Bertz CT molecular complexity index is 963. The van der Waals surface area contributed by atoms with Crippen molar-refractivity contribution in [2.75, 3.05) is 26.9 Å². The number of aliphatic carboxylic acids is 1. The number of amides is 2. The fourth-order valence-electron chi connectivity index (χ4n) is 4.36. The molecule has 0 aromatic heterocycles. The summed E-state index contributed by atoms with van der Waals surface area (Å²) in [6, 6.07) is 15.5. The molecule has 3 rings (SSSR count). The molecule has 2 amide bonds. The van der Waals surface area contributed by atoms with E-state index >= 15 is 0 Å². The summed E-state index contributed by atoms with van der Waals surface area (Å²) >= 11 is 0. The number of ether oxygens (including phenoxy) is 2. The third kappa shape index (κ3) is 7.55. The quantitative estimate of drug-likeness (QED) is 0.350. The summed E-state index contributed by atoms with van der Waals surface area (Å²) in [5.41, 5.74) is 4.75.